The largest absolute Gasteiger partial charge is 0.497 e. The molecular formula is C20H26N6O3S. The molecule has 2 aromatic rings. The number of hydrogen-bond donors (Lipinski definition) is 0. The third kappa shape index (κ3) is 4.33. The second-order valence-corrected chi connectivity index (χ2v) is 8.38. The highest BCUT2D eigenvalue weighted by Crippen LogP contribution is 2.29. The van der Waals surface area contributed by atoms with Crippen LogP contribution in [0.3, 0.4) is 0 Å². The lowest BCUT2D eigenvalue weighted by atomic mass is 10.2. The first-order valence-electron chi connectivity index (χ1n) is 10.1. The Balaban J connectivity index is 1.30. The van der Waals surface area contributed by atoms with Gasteiger partial charge in [0.2, 0.25) is 22.1 Å². The topological polar surface area (TPSA) is 82.1 Å². The molecule has 3 heterocycles. The molecule has 10 heteroatoms. The molecule has 160 valence electrons. The third-order valence-electron chi connectivity index (χ3n) is 5.46. The Labute approximate surface area is 179 Å². The number of methoxy groups -OCH3 is 1. The van der Waals surface area contributed by atoms with Crippen molar-refractivity contribution < 1.29 is 14.3 Å². The van der Waals surface area contributed by atoms with Gasteiger partial charge < -0.3 is 19.4 Å². The van der Waals surface area contributed by atoms with Gasteiger partial charge in [0.05, 0.1) is 13.7 Å². The summed E-state index contributed by atoms with van der Waals surface area (Å²) >= 11 is 1.35. The standard InChI is InChI=1S/C20H26N6O3S/c1-23(19-21-22-20(30-19)26-8-4-7-17(26)27)14-18(28)25-11-9-24(10-12-25)15-5-3-6-16(13-15)29-2/h3,5-6,13H,4,7-12,14H2,1-2H3. The van der Waals surface area contributed by atoms with Crippen molar-refractivity contribution in [3.05, 3.63) is 24.3 Å². The normalized spacial score (nSPS) is 16.9. The number of amides is 2. The molecule has 4 rings (SSSR count). The highest BCUT2D eigenvalue weighted by Gasteiger charge is 2.27. The van der Waals surface area contributed by atoms with Crippen LogP contribution in [-0.2, 0) is 9.59 Å². The molecule has 0 N–H and O–H groups in total. The van der Waals surface area contributed by atoms with E-state index in [9.17, 15) is 9.59 Å². The van der Waals surface area contributed by atoms with Gasteiger partial charge in [0.1, 0.15) is 5.75 Å². The maximum atomic E-state index is 12.8. The predicted molar refractivity (Wildman–Crippen MR) is 117 cm³/mol. The molecule has 0 spiro atoms. The van der Waals surface area contributed by atoms with Crippen LogP contribution in [0, 0.1) is 0 Å². The molecule has 0 saturated carbocycles. The summed E-state index contributed by atoms with van der Waals surface area (Å²) in [6.07, 6.45) is 1.41. The molecule has 0 radical (unpaired) electrons. The zero-order valence-electron chi connectivity index (χ0n) is 17.3. The van der Waals surface area contributed by atoms with E-state index in [4.69, 9.17) is 4.74 Å². The first kappa shape index (κ1) is 20.4. The van der Waals surface area contributed by atoms with E-state index >= 15 is 0 Å². The van der Waals surface area contributed by atoms with E-state index in [0.717, 1.165) is 30.9 Å². The molecular weight excluding hydrogens is 404 g/mol. The predicted octanol–water partition coefficient (Wildman–Crippen LogP) is 1.46. The minimum Gasteiger partial charge on any atom is -0.497 e. The number of ether oxygens (including phenoxy) is 1. The minimum atomic E-state index is 0.0665. The van der Waals surface area contributed by atoms with Crippen LogP contribution in [0.5, 0.6) is 5.75 Å². The number of benzene rings is 1. The summed E-state index contributed by atoms with van der Waals surface area (Å²) in [6.45, 7) is 3.84. The van der Waals surface area contributed by atoms with E-state index in [1.54, 1.807) is 16.9 Å². The second-order valence-electron chi connectivity index (χ2n) is 7.44. The zero-order valence-corrected chi connectivity index (χ0v) is 18.1. The fourth-order valence-corrected chi connectivity index (χ4v) is 4.56. The number of aromatic nitrogens is 2. The second kappa shape index (κ2) is 8.86. The van der Waals surface area contributed by atoms with Crippen molar-refractivity contribution in [3.8, 4) is 5.75 Å². The SMILES string of the molecule is COc1cccc(N2CCN(C(=O)CN(C)c3nnc(N4CCCC4=O)s3)CC2)c1. The van der Waals surface area contributed by atoms with Crippen molar-refractivity contribution in [1.29, 1.82) is 0 Å². The van der Waals surface area contributed by atoms with Gasteiger partial charge in [0.25, 0.3) is 0 Å². The minimum absolute atomic E-state index is 0.0665. The van der Waals surface area contributed by atoms with Crippen LogP contribution in [0.1, 0.15) is 12.8 Å². The van der Waals surface area contributed by atoms with Gasteiger partial charge in [0.15, 0.2) is 0 Å². The van der Waals surface area contributed by atoms with Crippen LogP contribution in [0.2, 0.25) is 0 Å². The highest BCUT2D eigenvalue weighted by atomic mass is 32.1. The third-order valence-corrected chi connectivity index (χ3v) is 6.52. The maximum Gasteiger partial charge on any atom is 0.242 e. The van der Waals surface area contributed by atoms with Crippen LogP contribution < -0.4 is 19.4 Å². The molecule has 0 bridgehead atoms. The molecule has 1 aromatic heterocycles. The van der Waals surface area contributed by atoms with Crippen LogP contribution in [0.25, 0.3) is 0 Å². The van der Waals surface area contributed by atoms with E-state index < -0.39 is 0 Å². The Bertz CT molecular complexity index is 911. The van der Waals surface area contributed by atoms with Gasteiger partial charge in [-0.1, -0.05) is 17.4 Å². The lowest BCUT2D eigenvalue weighted by Gasteiger charge is -2.36. The van der Waals surface area contributed by atoms with E-state index in [2.05, 4.69) is 21.2 Å². The molecule has 30 heavy (non-hydrogen) atoms. The Morgan fingerprint density at radius 2 is 2.00 bits per heavy atom. The van der Waals surface area contributed by atoms with E-state index in [0.29, 0.717) is 36.3 Å². The van der Waals surface area contributed by atoms with Crippen molar-refractivity contribution in [2.75, 3.05) is 68.1 Å². The molecule has 2 saturated heterocycles. The van der Waals surface area contributed by atoms with Gasteiger partial charge in [-0.25, -0.2) is 0 Å². The summed E-state index contributed by atoms with van der Waals surface area (Å²) in [6, 6.07) is 7.99. The molecule has 1 aromatic carbocycles. The van der Waals surface area contributed by atoms with Crippen molar-refractivity contribution in [1.82, 2.24) is 15.1 Å². The molecule has 0 unspecified atom stereocenters. The number of carbonyl (C=O) groups is 2. The molecule has 2 aliphatic rings. The smallest absolute Gasteiger partial charge is 0.242 e. The zero-order chi connectivity index (χ0) is 21.1. The molecule has 2 fully saturated rings. The number of carbonyl (C=O) groups excluding carboxylic acids is 2. The van der Waals surface area contributed by atoms with Gasteiger partial charge in [-0.05, 0) is 18.6 Å². The Morgan fingerprint density at radius 1 is 1.20 bits per heavy atom. The Kier molecular flexibility index (Phi) is 6.03. The van der Waals surface area contributed by atoms with Crippen LogP contribution in [-0.4, -0.2) is 80.3 Å². The summed E-state index contributed by atoms with van der Waals surface area (Å²) in [7, 11) is 3.50. The molecule has 2 aliphatic heterocycles. The van der Waals surface area contributed by atoms with Gasteiger partial charge in [-0.2, -0.15) is 0 Å². The van der Waals surface area contributed by atoms with Crippen molar-refractivity contribution in [2.24, 2.45) is 0 Å². The van der Waals surface area contributed by atoms with E-state index in [1.807, 2.05) is 30.1 Å². The van der Waals surface area contributed by atoms with Crippen LogP contribution in [0.15, 0.2) is 24.3 Å². The van der Waals surface area contributed by atoms with Gasteiger partial charge in [0, 0.05) is 57.9 Å². The summed E-state index contributed by atoms with van der Waals surface area (Å²) in [5.41, 5.74) is 1.11. The highest BCUT2D eigenvalue weighted by molar-refractivity contribution is 7.19. The first-order chi connectivity index (χ1) is 14.5. The Hall–Kier alpha value is -2.88. The summed E-state index contributed by atoms with van der Waals surface area (Å²) in [5, 5.41) is 9.56. The maximum absolute atomic E-state index is 12.8. The number of nitrogens with zero attached hydrogens (tertiary/aromatic N) is 6. The van der Waals surface area contributed by atoms with Crippen molar-refractivity contribution in [2.45, 2.75) is 12.8 Å². The summed E-state index contributed by atoms with van der Waals surface area (Å²) in [5.74, 6) is 0.988. The fraction of sp³-hybridized carbons (Fsp3) is 0.500. The lowest BCUT2D eigenvalue weighted by molar-refractivity contribution is -0.130. The van der Waals surface area contributed by atoms with Crippen LogP contribution in [0.4, 0.5) is 16.0 Å². The average molecular weight is 431 g/mol. The van der Waals surface area contributed by atoms with E-state index in [1.165, 1.54) is 11.3 Å². The molecule has 0 aliphatic carbocycles. The summed E-state index contributed by atoms with van der Waals surface area (Å²) < 4.78 is 5.30. The van der Waals surface area contributed by atoms with Gasteiger partial charge >= 0.3 is 0 Å². The van der Waals surface area contributed by atoms with Crippen LogP contribution >= 0.6 is 11.3 Å². The quantitative estimate of drug-likeness (QED) is 0.686. The number of anilines is 3. The van der Waals surface area contributed by atoms with Gasteiger partial charge in [-0.3, -0.25) is 14.5 Å². The first-order valence-corrected chi connectivity index (χ1v) is 10.9. The number of hydrogen-bond acceptors (Lipinski definition) is 8. The van der Waals surface area contributed by atoms with E-state index in [-0.39, 0.29) is 18.4 Å². The Morgan fingerprint density at radius 3 is 2.70 bits per heavy atom. The molecule has 9 nitrogen and oxygen atoms in total. The molecule has 0 atom stereocenters. The van der Waals surface area contributed by atoms with Crippen molar-refractivity contribution in [3.63, 3.8) is 0 Å². The number of piperazine rings is 1. The molecule has 2 amide bonds. The monoisotopic (exact) mass is 430 g/mol. The van der Waals surface area contributed by atoms with Gasteiger partial charge in [-0.15, -0.1) is 10.2 Å². The number of rotatable bonds is 6. The summed E-state index contributed by atoms with van der Waals surface area (Å²) in [4.78, 5) is 32.3. The lowest BCUT2D eigenvalue weighted by Crippen LogP contribution is -2.51. The average Bonchev–Trinajstić information content (AvgIpc) is 3.42. The van der Waals surface area contributed by atoms with Crippen molar-refractivity contribution >= 4 is 39.1 Å². The fourth-order valence-electron chi connectivity index (χ4n) is 3.71. The number of likely N-dealkylation sites (N-methyl/N-ethyl adjacent to an activating group) is 1.